The molecule has 1 saturated heterocycles. The Bertz CT molecular complexity index is 761. The first-order valence-electron chi connectivity index (χ1n) is 9.61. The number of rotatable bonds is 3. The summed E-state index contributed by atoms with van der Waals surface area (Å²) in [5, 5.41) is 11.6. The molecule has 2 amide bonds. The molecular formula is C17H26N8O. The first-order valence-corrected chi connectivity index (χ1v) is 9.61. The molecular weight excluding hydrogens is 332 g/mol. The molecule has 1 aliphatic heterocycles. The van der Waals surface area contributed by atoms with Crippen LogP contribution in [0.4, 0.5) is 10.6 Å². The van der Waals surface area contributed by atoms with E-state index in [0.29, 0.717) is 19.1 Å². The van der Waals surface area contributed by atoms with Crippen molar-refractivity contribution in [3.05, 3.63) is 6.33 Å². The molecule has 1 aliphatic carbocycles. The zero-order valence-corrected chi connectivity index (χ0v) is 15.3. The van der Waals surface area contributed by atoms with Gasteiger partial charge in [-0.15, -0.1) is 5.10 Å². The summed E-state index contributed by atoms with van der Waals surface area (Å²) in [4.78, 5) is 25.3. The third-order valence-corrected chi connectivity index (χ3v) is 5.38. The van der Waals surface area contributed by atoms with Gasteiger partial charge < -0.3 is 15.1 Å². The van der Waals surface area contributed by atoms with Gasteiger partial charge in [-0.1, -0.05) is 24.5 Å². The number of anilines is 1. The molecule has 0 atom stereocenters. The van der Waals surface area contributed by atoms with Crippen LogP contribution in [0.1, 0.15) is 39.0 Å². The average Bonchev–Trinajstić information content (AvgIpc) is 3.12. The van der Waals surface area contributed by atoms with E-state index in [-0.39, 0.29) is 6.03 Å². The van der Waals surface area contributed by atoms with Crippen LogP contribution in [0, 0.1) is 0 Å². The monoisotopic (exact) mass is 358 g/mol. The minimum absolute atomic E-state index is 0.0707. The predicted molar refractivity (Wildman–Crippen MR) is 98.0 cm³/mol. The van der Waals surface area contributed by atoms with Crippen LogP contribution in [0.25, 0.3) is 11.2 Å². The van der Waals surface area contributed by atoms with E-state index in [4.69, 9.17) is 0 Å². The van der Waals surface area contributed by atoms with Gasteiger partial charge in [-0.05, 0) is 19.8 Å². The summed E-state index contributed by atoms with van der Waals surface area (Å²) in [5.41, 5.74) is 1.49. The fourth-order valence-electron chi connectivity index (χ4n) is 3.86. The van der Waals surface area contributed by atoms with Gasteiger partial charge in [0.2, 0.25) is 0 Å². The van der Waals surface area contributed by atoms with Crippen molar-refractivity contribution >= 4 is 23.0 Å². The number of aryl methyl sites for hydroxylation is 1. The molecule has 0 aromatic carbocycles. The summed E-state index contributed by atoms with van der Waals surface area (Å²) in [6.07, 6.45) is 7.52. The maximum Gasteiger partial charge on any atom is 0.317 e. The van der Waals surface area contributed by atoms with E-state index in [1.54, 1.807) is 11.0 Å². The van der Waals surface area contributed by atoms with Gasteiger partial charge in [0.1, 0.15) is 6.33 Å². The Morgan fingerprint density at radius 2 is 1.92 bits per heavy atom. The van der Waals surface area contributed by atoms with E-state index in [1.165, 1.54) is 19.3 Å². The van der Waals surface area contributed by atoms with E-state index in [1.807, 2.05) is 11.8 Å². The fraction of sp³-hybridized carbons (Fsp3) is 0.706. The first kappa shape index (κ1) is 17.0. The average molecular weight is 358 g/mol. The van der Waals surface area contributed by atoms with E-state index in [9.17, 15) is 4.79 Å². The molecule has 1 saturated carbocycles. The molecule has 9 nitrogen and oxygen atoms in total. The van der Waals surface area contributed by atoms with Crippen molar-refractivity contribution in [3.8, 4) is 0 Å². The summed E-state index contributed by atoms with van der Waals surface area (Å²) in [7, 11) is 0. The number of hydrogen-bond acceptors (Lipinski definition) is 6. The third kappa shape index (κ3) is 3.30. The number of nitrogens with one attached hydrogen (secondary N) is 1. The third-order valence-electron chi connectivity index (χ3n) is 5.38. The predicted octanol–water partition coefficient (Wildman–Crippen LogP) is 1.41. The van der Waals surface area contributed by atoms with Crippen LogP contribution in [-0.4, -0.2) is 68.1 Å². The van der Waals surface area contributed by atoms with Crippen molar-refractivity contribution in [3.63, 3.8) is 0 Å². The van der Waals surface area contributed by atoms with Crippen LogP contribution < -0.4 is 10.2 Å². The highest BCUT2D eigenvalue weighted by molar-refractivity contribution is 5.82. The number of carbonyl (C=O) groups is 1. The highest BCUT2D eigenvalue weighted by atomic mass is 16.2. The lowest BCUT2D eigenvalue weighted by molar-refractivity contribution is 0.186. The normalized spacial score (nSPS) is 19.1. The molecule has 2 aromatic rings. The van der Waals surface area contributed by atoms with Gasteiger partial charge >= 0.3 is 6.03 Å². The smallest absolute Gasteiger partial charge is 0.317 e. The number of piperazine rings is 1. The lowest BCUT2D eigenvalue weighted by Crippen LogP contribution is -2.53. The minimum atomic E-state index is 0.0707. The Kier molecular flexibility index (Phi) is 4.85. The molecule has 26 heavy (non-hydrogen) atoms. The van der Waals surface area contributed by atoms with Crippen LogP contribution in [0.5, 0.6) is 0 Å². The zero-order valence-electron chi connectivity index (χ0n) is 15.3. The molecule has 1 N–H and O–H groups in total. The summed E-state index contributed by atoms with van der Waals surface area (Å²) in [6.45, 7) is 5.59. The van der Waals surface area contributed by atoms with Gasteiger partial charge in [-0.2, -0.15) is 0 Å². The number of urea groups is 1. The van der Waals surface area contributed by atoms with Gasteiger partial charge in [0.25, 0.3) is 0 Å². The van der Waals surface area contributed by atoms with E-state index in [0.717, 1.165) is 49.5 Å². The SMILES string of the molecule is CCn1nnc2c(N3CCN(C(=O)NC4CCCCC4)CC3)ncnc21. The summed E-state index contributed by atoms with van der Waals surface area (Å²) in [5.74, 6) is 0.807. The molecule has 3 heterocycles. The number of carbonyl (C=O) groups excluding carboxylic acids is 1. The van der Waals surface area contributed by atoms with Crippen LogP contribution in [0.3, 0.4) is 0 Å². The topological polar surface area (TPSA) is 92.1 Å². The highest BCUT2D eigenvalue weighted by Crippen LogP contribution is 2.22. The molecule has 0 unspecified atom stereocenters. The quantitative estimate of drug-likeness (QED) is 0.892. The second kappa shape index (κ2) is 7.43. The van der Waals surface area contributed by atoms with Crippen LogP contribution in [-0.2, 0) is 6.54 Å². The van der Waals surface area contributed by atoms with E-state index >= 15 is 0 Å². The van der Waals surface area contributed by atoms with E-state index in [2.05, 4.69) is 30.5 Å². The Labute approximate surface area is 152 Å². The standard InChI is InChI=1S/C17H26N8O/c1-2-25-16-14(21-22-25)15(18-12-19-16)23-8-10-24(11-9-23)17(26)20-13-6-4-3-5-7-13/h12-13H,2-11H2,1H3,(H,20,26). The fourth-order valence-corrected chi connectivity index (χ4v) is 3.86. The molecule has 2 aliphatic rings. The van der Waals surface area contributed by atoms with Crippen molar-refractivity contribution in [1.82, 2.24) is 35.2 Å². The number of hydrogen-bond donors (Lipinski definition) is 1. The van der Waals surface area contributed by atoms with Crippen molar-refractivity contribution in [2.24, 2.45) is 0 Å². The van der Waals surface area contributed by atoms with Gasteiger partial charge in [0, 0.05) is 38.8 Å². The number of nitrogens with zero attached hydrogens (tertiary/aromatic N) is 7. The number of aromatic nitrogens is 5. The van der Waals surface area contributed by atoms with Crippen molar-refractivity contribution in [1.29, 1.82) is 0 Å². The lowest BCUT2D eigenvalue weighted by Gasteiger charge is -2.36. The molecule has 2 fully saturated rings. The number of amides is 2. The molecule has 0 radical (unpaired) electrons. The second-order valence-corrected chi connectivity index (χ2v) is 7.03. The van der Waals surface area contributed by atoms with Crippen LogP contribution in [0.2, 0.25) is 0 Å². The van der Waals surface area contributed by atoms with Crippen molar-refractivity contribution < 1.29 is 4.79 Å². The number of fused-ring (bicyclic) bond motifs is 1. The van der Waals surface area contributed by atoms with E-state index < -0.39 is 0 Å². The van der Waals surface area contributed by atoms with Gasteiger partial charge in [-0.25, -0.2) is 19.4 Å². The summed E-state index contributed by atoms with van der Waals surface area (Å²) in [6, 6.07) is 0.418. The van der Waals surface area contributed by atoms with Gasteiger partial charge in [0.15, 0.2) is 17.0 Å². The Morgan fingerprint density at radius 1 is 1.15 bits per heavy atom. The summed E-state index contributed by atoms with van der Waals surface area (Å²) < 4.78 is 1.77. The van der Waals surface area contributed by atoms with Crippen molar-refractivity contribution in [2.45, 2.75) is 51.6 Å². The Hall–Kier alpha value is -2.45. The Morgan fingerprint density at radius 3 is 2.65 bits per heavy atom. The molecule has 9 heteroatoms. The molecule has 0 spiro atoms. The Balaban J connectivity index is 1.39. The highest BCUT2D eigenvalue weighted by Gasteiger charge is 2.26. The lowest BCUT2D eigenvalue weighted by atomic mass is 9.96. The zero-order chi connectivity index (χ0) is 17.9. The van der Waals surface area contributed by atoms with Gasteiger partial charge in [0.05, 0.1) is 0 Å². The van der Waals surface area contributed by atoms with Crippen LogP contribution in [0.15, 0.2) is 6.33 Å². The molecule has 2 aromatic heterocycles. The molecule has 140 valence electrons. The first-order chi connectivity index (χ1) is 12.8. The minimum Gasteiger partial charge on any atom is -0.351 e. The largest absolute Gasteiger partial charge is 0.351 e. The molecule has 0 bridgehead atoms. The van der Waals surface area contributed by atoms with Crippen molar-refractivity contribution in [2.75, 3.05) is 31.1 Å². The second-order valence-electron chi connectivity index (χ2n) is 7.03. The maximum absolute atomic E-state index is 12.5. The molecule has 4 rings (SSSR count). The maximum atomic E-state index is 12.5. The van der Waals surface area contributed by atoms with Crippen LogP contribution >= 0.6 is 0 Å². The van der Waals surface area contributed by atoms with Gasteiger partial charge in [-0.3, -0.25) is 0 Å². The summed E-state index contributed by atoms with van der Waals surface area (Å²) >= 11 is 0.